The number of nitrogens with one attached hydrogen (secondary N) is 1. The molecule has 1 N–H and O–H groups in total. The maximum absolute atomic E-state index is 12.6. The number of Topliss-reactive ketones (excluding diaryl/α,β-unsaturated/α-hetero) is 1. The lowest BCUT2D eigenvalue weighted by Crippen LogP contribution is -2.35. The maximum atomic E-state index is 12.6. The van der Waals surface area contributed by atoms with Gasteiger partial charge in [-0.3, -0.25) is 14.3 Å². The van der Waals surface area contributed by atoms with Crippen LogP contribution in [0.4, 0.5) is 0 Å². The summed E-state index contributed by atoms with van der Waals surface area (Å²) in [6.45, 7) is 2.02. The number of fused-ring (bicyclic) bond motifs is 1. The zero-order chi connectivity index (χ0) is 15.7. The Hall–Kier alpha value is -1.91. The highest BCUT2D eigenvalue weighted by atomic mass is 16.2. The van der Waals surface area contributed by atoms with Crippen LogP contribution in [0.3, 0.4) is 0 Å². The fourth-order valence-corrected chi connectivity index (χ4v) is 3.44. The average molecular weight is 301 g/mol. The highest BCUT2D eigenvalue weighted by Gasteiger charge is 2.28. The number of hydrogen-bond acceptors (Lipinski definition) is 3. The average Bonchev–Trinajstić information content (AvgIpc) is 2.84. The molecule has 1 atom stereocenters. The van der Waals surface area contributed by atoms with Gasteiger partial charge in [0.05, 0.1) is 0 Å². The van der Waals surface area contributed by atoms with Crippen LogP contribution in [0.25, 0.3) is 0 Å². The van der Waals surface area contributed by atoms with Crippen LogP contribution in [0, 0.1) is 0 Å². The zero-order valence-corrected chi connectivity index (χ0v) is 13.3. The molecule has 3 rings (SSSR count). The molecule has 1 aromatic rings. The van der Waals surface area contributed by atoms with Crippen molar-refractivity contribution in [3.63, 3.8) is 0 Å². The predicted molar refractivity (Wildman–Crippen MR) is 83.7 cm³/mol. The minimum Gasteiger partial charge on any atom is -0.344 e. The van der Waals surface area contributed by atoms with Gasteiger partial charge in [-0.15, -0.1) is 0 Å². The minimum atomic E-state index is -0.162. The molecule has 0 aliphatic heterocycles. The predicted octanol–water partition coefficient (Wildman–Crippen LogP) is 2.10. The van der Waals surface area contributed by atoms with E-state index < -0.39 is 0 Å². The van der Waals surface area contributed by atoms with Crippen molar-refractivity contribution >= 4 is 11.7 Å². The Morgan fingerprint density at radius 3 is 2.86 bits per heavy atom. The van der Waals surface area contributed by atoms with Gasteiger partial charge in [-0.2, -0.15) is 5.10 Å². The van der Waals surface area contributed by atoms with Crippen molar-refractivity contribution in [2.24, 2.45) is 7.05 Å². The van der Waals surface area contributed by atoms with E-state index in [1.165, 1.54) is 18.4 Å². The van der Waals surface area contributed by atoms with Gasteiger partial charge in [0, 0.05) is 37.2 Å². The van der Waals surface area contributed by atoms with Crippen molar-refractivity contribution in [3.05, 3.63) is 28.6 Å². The summed E-state index contributed by atoms with van der Waals surface area (Å²) in [5.74, 6) is 0.0307. The van der Waals surface area contributed by atoms with Crippen molar-refractivity contribution in [2.45, 2.75) is 57.9 Å². The third kappa shape index (κ3) is 2.85. The van der Waals surface area contributed by atoms with Crippen LogP contribution in [-0.4, -0.2) is 27.5 Å². The molecule has 2 aliphatic carbocycles. The van der Waals surface area contributed by atoms with Crippen molar-refractivity contribution < 1.29 is 9.59 Å². The van der Waals surface area contributed by atoms with Crippen LogP contribution < -0.4 is 5.32 Å². The number of carbonyl (C=O) groups is 2. The molecule has 1 aromatic heterocycles. The Morgan fingerprint density at radius 2 is 2.14 bits per heavy atom. The Balaban J connectivity index is 1.78. The molecule has 1 unspecified atom stereocenters. The molecule has 1 heterocycles. The van der Waals surface area contributed by atoms with E-state index in [0.29, 0.717) is 25.0 Å². The van der Waals surface area contributed by atoms with Gasteiger partial charge < -0.3 is 5.32 Å². The number of hydrogen-bond donors (Lipinski definition) is 1. The van der Waals surface area contributed by atoms with Crippen molar-refractivity contribution in [3.8, 4) is 0 Å². The van der Waals surface area contributed by atoms with Crippen LogP contribution in [0.2, 0.25) is 0 Å². The number of nitrogens with zero attached hydrogens (tertiary/aromatic N) is 2. The van der Waals surface area contributed by atoms with Gasteiger partial charge in [0.2, 0.25) is 0 Å². The molecule has 118 valence electrons. The molecule has 0 bridgehead atoms. The van der Waals surface area contributed by atoms with Crippen LogP contribution in [0.1, 0.15) is 60.8 Å². The second-order valence-corrected chi connectivity index (χ2v) is 6.33. The third-order valence-electron chi connectivity index (χ3n) is 4.73. The van der Waals surface area contributed by atoms with E-state index in [2.05, 4.69) is 16.5 Å². The number of amides is 1. The Kier molecular flexibility index (Phi) is 4.14. The lowest BCUT2D eigenvalue weighted by Gasteiger charge is -2.20. The molecule has 1 amide bonds. The summed E-state index contributed by atoms with van der Waals surface area (Å²) >= 11 is 0. The molecule has 5 heteroatoms. The van der Waals surface area contributed by atoms with Gasteiger partial charge in [0.1, 0.15) is 5.78 Å². The third-order valence-corrected chi connectivity index (χ3v) is 4.73. The normalized spacial score (nSPS) is 19.4. The Bertz CT molecular complexity index is 643. The summed E-state index contributed by atoms with van der Waals surface area (Å²) in [4.78, 5) is 24.3. The SMILES string of the molecule is CC(NC(=O)c1nn(C)c2c1CC(=O)CC2)C1=CCCCC1. The molecule has 22 heavy (non-hydrogen) atoms. The van der Waals surface area contributed by atoms with E-state index in [1.807, 2.05) is 14.0 Å². The molecular weight excluding hydrogens is 278 g/mol. The largest absolute Gasteiger partial charge is 0.344 e. The van der Waals surface area contributed by atoms with E-state index in [4.69, 9.17) is 0 Å². The minimum absolute atomic E-state index is 0.0322. The lowest BCUT2D eigenvalue weighted by molar-refractivity contribution is -0.118. The van der Waals surface area contributed by atoms with Gasteiger partial charge in [-0.05, 0) is 39.0 Å². The number of ketones is 1. The number of aryl methyl sites for hydroxylation is 1. The van der Waals surface area contributed by atoms with Gasteiger partial charge in [0.25, 0.3) is 5.91 Å². The van der Waals surface area contributed by atoms with Crippen LogP contribution in [-0.2, 0) is 24.7 Å². The Morgan fingerprint density at radius 1 is 1.32 bits per heavy atom. The second kappa shape index (κ2) is 6.07. The summed E-state index contributed by atoms with van der Waals surface area (Å²) in [7, 11) is 1.85. The summed E-state index contributed by atoms with van der Waals surface area (Å²) in [5, 5.41) is 7.41. The lowest BCUT2D eigenvalue weighted by atomic mass is 9.93. The molecule has 0 aromatic carbocycles. The van der Waals surface area contributed by atoms with Crippen molar-refractivity contribution in [1.29, 1.82) is 0 Å². The highest BCUT2D eigenvalue weighted by Crippen LogP contribution is 2.23. The fourth-order valence-electron chi connectivity index (χ4n) is 3.44. The van der Waals surface area contributed by atoms with Gasteiger partial charge in [0.15, 0.2) is 5.69 Å². The quantitative estimate of drug-likeness (QED) is 0.870. The van der Waals surface area contributed by atoms with Crippen LogP contribution in [0.15, 0.2) is 11.6 Å². The van der Waals surface area contributed by atoms with Gasteiger partial charge in [-0.1, -0.05) is 11.6 Å². The first-order chi connectivity index (χ1) is 10.6. The summed E-state index contributed by atoms with van der Waals surface area (Å²) < 4.78 is 1.75. The summed E-state index contributed by atoms with van der Waals surface area (Å²) in [6, 6.07) is 0.0322. The van der Waals surface area contributed by atoms with Crippen molar-refractivity contribution in [1.82, 2.24) is 15.1 Å². The summed E-state index contributed by atoms with van der Waals surface area (Å²) in [6.07, 6.45) is 8.40. The highest BCUT2D eigenvalue weighted by molar-refractivity contribution is 5.96. The molecular formula is C17H23N3O2. The van der Waals surface area contributed by atoms with Gasteiger partial charge in [-0.25, -0.2) is 0 Å². The first-order valence-corrected chi connectivity index (χ1v) is 8.12. The smallest absolute Gasteiger partial charge is 0.272 e. The molecule has 0 saturated heterocycles. The fraction of sp³-hybridized carbons (Fsp3) is 0.588. The molecule has 0 radical (unpaired) electrons. The van der Waals surface area contributed by atoms with E-state index in [0.717, 1.165) is 24.1 Å². The van der Waals surface area contributed by atoms with E-state index >= 15 is 0 Å². The number of carbonyl (C=O) groups excluding carboxylic acids is 2. The Labute approximate surface area is 130 Å². The maximum Gasteiger partial charge on any atom is 0.272 e. The van der Waals surface area contributed by atoms with Crippen molar-refractivity contribution in [2.75, 3.05) is 0 Å². The first kappa shape index (κ1) is 15.0. The molecule has 0 spiro atoms. The molecule has 5 nitrogen and oxygen atoms in total. The zero-order valence-electron chi connectivity index (χ0n) is 13.3. The van der Waals surface area contributed by atoms with E-state index in [1.54, 1.807) is 4.68 Å². The monoisotopic (exact) mass is 301 g/mol. The number of rotatable bonds is 3. The van der Waals surface area contributed by atoms with E-state index in [-0.39, 0.29) is 17.7 Å². The first-order valence-electron chi connectivity index (χ1n) is 8.12. The van der Waals surface area contributed by atoms with Gasteiger partial charge >= 0.3 is 0 Å². The van der Waals surface area contributed by atoms with Crippen LogP contribution >= 0.6 is 0 Å². The van der Waals surface area contributed by atoms with Crippen LogP contribution in [0.5, 0.6) is 0 Å². The topological polar surface area (TPSA) is 64.0 Å². The molecule has 0 saturated carbocycles. The number of allylic oxidation sites excluding steroid dienone is 1. The molecule has 2 aliphatic rings. The summed E-state index contributed by atoms with van der Waals surface area (Å²) in [5.41, 5.74) is 3.57. The second-order valence-electron chi connectivity index (χ2n) is 6.33. The van der Waals surface area contributed by atoms with E-state index in [9.17, 15) is 9.59 Å². The standard InChI is InChI=1S/C17H23N3O2/c1-11(12-6-4-3-5-7-12)18-17(22)16-14-10-13(21)8-9-15(14)20(2)19-16/h6,11H,3-5,7-10H2,1-2H3,(H,18,22). The number of aromatic nitrogens is 2. The molecule has 0 fully saturated rings.